The maximum atomic E-state index is 13.0. The summed E-state index contributed by atoms with van der Waals surface area (Å²) in [4.78, 5) is 16.2. The zero-order valence-electron chi connectivity index (χ0n) is 17.3. The Labute approximate surface area is 171 Å². The number of benzene rings is 1. The number of carbonyl (C=O) groups excluding carboxylic acids is 1. The van der Waals surface area contributed by atoms with E-state index < -0.39 is 36.2 Å². The minimum Gasteiger partial charge on any atom is -0.372 e. The van der Waals surface area contributed by atoms with Crippen molar-refractivity contribution in [2.24, 2.45) is 0 Å². The summed E-state index contributed by atoms with van der Waals surface area (Å²) in [5, 5.41) is 0. The summed E-state index contributed by atoms with van der Waals surface area (Å²) in [6, 6.07) is 0.978. The van der Waals surface area contributed by atoms with Gasteiger partial charge in [-0.25, -0.2) is 0 Å². The van der Waals surface area contributed by atoms with Crippen LogP contribution in [0, 0.1) is 0 Å². The lowest BCUT2D eigenvalue weighted by molar-refractivity contribution is -0.143. The number of halogens is 6. The van der Waals surface area contributed by atoms with Gasteiger partial charge < -0.3 is 9.64 Å². The van der Waals surface area contributed by atoms with E-state index in [1.54, 1.807) is 19.0 Å². The average molecular weight is 440 g/mol. The van der Waals surface area contributed by atoms with Gasteiger partial charge in [-0.3, -0.25) is 9.69 Å². The second-order valence-corrected chi connectivity index (χ2v) is 7.81. The Kier molecular flexibility index (Phi) is 7.45. The Balaban J connectivity index is 2.11. The van der Waals surface area contributed by atoms with Crippen LogP contribution in [-0.2, 0) is 28.5 Å². The van der Waals surface area contributed by atoms with E-state index in [0.717, 1.165) is 0 Å². The Bertz CT molecular complexity index is 716. The largest absolute Gasteiger partial charge is 0.416 e. The molecule has 0 bridgehead atoms. The molecule has 30 heavy (non-hydrogen) atoms. The highest BCUT2D eigenvalue weighted by atomic mass is 19.4. The van der Waals surface area contributed by atoms with Crippen molar-refractivity contribution >= 4 is 5.91 Å². The zero-order chi connectivity index (χ0) is 22.9. The molecule has 4 nitrogen and oxygen atoms in total. The molecular formula is C20H26F6N2O2. The van der Waals surface area contributed by atoms with Crippen LogP contribution in [0.5, 0.6) is 0 Å². The molecule has 1 fully saturated rings. The van der Waals surface area contributed by atoms with Crippen LogP contribution < -0.4 is 0 Å². The van der Waals surface area contributed by atoms with Crippen LogP contribution in [-0.4, -0.2) is 54.5 Å². The molecule has 0 saturated carbocycles. The van der Waals surface area contributed by atoms with E-state index in [-0.39, 0.29) is 36.2 Å². The number of alkyl halides is 6. The molecule has 1 aromatic rings. The standard InChI is InChI=1S/C20H26F6N2O2/c1-5-17(27(3)4)18(29)28-10-16(6-12(28)2)30-11-13-7-14(19(21,22)23)9-15(8-13)20(24,25)26/h7-9,12,16-17H,5-6,10-11H2,1-4H3. The molecule has 1 heterocycles. The summed E-state index contributed by atoms with van der Waals surface area (Å²) in [5.41, 5.74) is -2.96. The van der Waals surface area contributed by atoms with Gasteiger partial charge in [0.1, 0.15) is 0 Å². The van der Waals surface area contributed by atoms with Gasteiger partial charge in [0.2, 0.25) is 5.91 Å². The maximum absolute atomic E-state index is 13.0. The van der Waals surface area contributed by atoms with Crippen molar-refractivity contribution in [1.29, 1.82) is 0 Å². The molecule has 0 aromatic heterocycles. The number of carbonyl (C=O) groups is 1. The van der Waals surface area contributed by atoms with Gasteiger partial charge >= 0.3 is 12.4 Å². The first kappa shape index (κ1) is 24.5. The number of nitrogens with zero attached hydrogens (tertiary/aromatic N) is 2. The number of hydrogen-bond acceptors (Lipinski definition) is 3. The summed E-state index contributed by atoms with van der Waals surface area (Å²) in [6.45, 7) is 3.57. The quantitative estimate of drug-likeness (QED) is 0.608. The van der Waals surface area contributed by atoms with Crippen molar-refractivity contribution in [1.82, 2.24) is 9.80 Å². The first-order chi connectivity index (χ1) is 13.7. The van der Waals surface area contributed by atoms with Crippen LogP contribution >= 0.6 is 0 Å². The fourth-order valence-corrected chi connectivity index (χ4v) is 3.68. The molecule has 0 N–H and O–H groups in total. The predicted octanol–water partition coefficient (Wildman–Crippen LogP) is 4.57. The van der Waals surface area contributed by atoms with Crippen LogP contribution in [0.1, 0.15) is 43.4 Å². The molecule has 1 aliphatic rings. The molecule has 1 aromatic carbocycles. The van der Waals surface area contributed by atoms with Gasteiger partial charge in [0, 0.05) is 12.6 Å². The lowest BCUT2D eigenvalue weighted by atomic mass is 10.1. The van der Waals surface area contributed by atoms with E-state index in [1.165, 1.54) is 0 Å². The van der Waals surface area contributed by atoms with Gasteiger partial charge in [-0.15, -0.1) is 0 Å². The number of amides is 1. The molecule has 0 spiro atoms. The number of ether oxygens (including phenoxy) is 1. The third kappa shape index (κ3) is 5.87. The average Bonchev–Trinajstić information content (AvgIpc) is 2.99. The summed E-state index contributed by atoms with van der Waals surface area (Å²) >= 11 is 0. The molecule has 2 rings (SSSR count). The van der Waals surface area contributed by atoms with Crippen LogP contribution in [0.15, 0.2) is 18.2 Å². The summed E-state index contributed by atoms with van der Waals surface area (Å²) < 4.78 is 83.5. The third-order valence-corrected chi connectivity index (χ3v) is 5.25. The van der Waals surface area contributed by atoms with Crippen molar-refractivity contribution in [3.05, 3.63) is 34.9 Å². The Morgan fingerprint density at radius 3 is 2.10 bits per heavy atom. The minimum atomic E-state index is -4.90. The molecule has 3 unspecified atom stereocenters. The first-order valence-electron chi connectivity index (χ1n) is 9.60. The first-order valence-corrected chi connectivity index (χ1v) is 9.60. The topological polar surface area (TPSA) is 32.8 Å². The molecule has 3 atom stereocenters. The van der Waals surface area contributed by atoms with Gasteiger partial charge in [0.15, 0.2) is 0 Å². The Morgan fingerprint density at radius 2 is 1.67 bits per heavy atom. The molecule has 0 radical (unpaired) electrons. The molecule has 1 amide bonds. The van der Waals surface area contributed by atoms with E-state index in [1.807, 2.05) is 18.7 Å². The van der Waals surface area contributed by atoms with Crippen LogP contribution in [0.3, 0.4) is 0 Å². The monoisotopic (exact) mass is 440 g/mol. The van der Waals surface area contributed by atoms with Gasteiger partial charge in [0.05, 0.1) is 29.9 Å². The van der Waals surface area contributed by atoms with E-state index in [2.05, 4.69) is 0 Å². The minimum absolute atomic E-state index is 0.0699. The van der Waals surface area contributed by atoms with Crippen molar-refractivity contribution < 1.29 is 35.9 Å². The fourth-order valence-electron chi connectivity index (χ4n) is 3.68. The fraction of sp³-hybridized carbons (Fsp3) is 0.650. The van der Waals surface area contributed by atoms with Gasteiger partial charge in [0.25, 0.3) is 0 Å². The van der Waals surface area contributed by atoms with Crippen molar-refractivity contribution in [2.45, 2.75) is 63.8 Å². The molecule has 1 aliphatic heterocycles. The van der Waals surface area contributed by atoms with Crippen LogP contribution in [0.25, 0.3) is 0 Å². The van der Waals surface area contributed by atoms with E-state index in [0.29, 0.717) is 25.0 Å². The van der Waals surface area contributed by atoms with Crippen LogP contribution in [0.2, 0.25) is 0 Å². The molecule has 10 heteroatoms. The lowest BCUT2D eigenvalue weighted by Crippen LogP contribution is -2.47. The van der Waals surface area contributed by atoms with Gasteiger partial charge in [-0.2, -0.15) is 26.3 Å². The van der Waals surface area contributed by atoms with Crippen molar-refractivity contribution in [2.75, 3.05) is 20.6 Å². The smallest absolute Gasteiger partial charge is 0.372 e. The Hall–Kier alpha value is -1.81. The molecule has 1 saturated heterocycles. The highest BCUT2D eigenvalue weighted by Crippen LogP contribution is 2.36. The highest BCUT2D eigenvalue weighted by Gasteiger charge is 2.38. The van der Waals surface area contributed by atoms with Crippen molar-refractivity contribution in [3.63, 3.8) is 0 Å². The summed E-state index contributed by atoms with van der Waals surface area (Å²) in [7, 11) is 3.60. The summed E-state index contributed by atoms with van der Waals surface area (Å²) in [6.07, 6.45) is -9.19. The Morgan fingerprint density at radius 1 is 1.13 bits per heavy atom. The number of likely N-dealkylation sites (tertiary alicyclic amines) is 1. The predicted molar refractivity (Wildman–Crippen MR) is 98.6 cm³/mol. The third-order valence-electron chi connectivity index (χ3n) is 5.25. The van der Waals surface area contributed by atoms with Gasteiger partial charge in [-0.05, 0) is 57.6 Å². The number of hydrogen-bond donors (Lipinski definition) is 0. The van der Waals surface area contributed by atoms with E-state index in [4.69, 9.17) is 4.74 Å². The van der Waals surface area contributed by atoms with Gasteiger partial charge in [-0.1, -0.05) is 6.92 Å². The molecular weight excluding hydrogens is 414 g/mol. The lowest BCUT2D eigenvalue weighted by Gasteiger charge is -2.29. The van der Waals surface area contributed by atoms with E-state index in [9.17, 15) is 31.1 Å². The SMILES string of the molecule is CCC(C(=O)N1CC(OCc2cc(C(F)(F)F)cc(C(F)(F)F)c2)CC1C)N(C)C. The van der Waals surface area contributed by atoms with E-state index >= 15 is 0 Å². The molecule has 0 aliphatic carbocycles. The maximum Gasteiger partial charge on any atom is 0.416 e. The molecule has 170 valence electrons. The second kappa shape index (κ2) is 9.13. The summed E-state index contributed by atoms with van der Waals surface area (Å²) in [5.74, 6) is -0.0699. The second-order valence-electron chi connectivity index (χ2n) is 7.81. The zero-order valence-corrected chi connectivity index (χ0v) is 17.3. The van der Waals surface area contributed by atoms with Crippen LogP contribution in [0.4, 0.5) is 26.3 Å². The van der Waals surface area contributed by atoms with Crippen molar-refractivity contribution in [3.8, 4) is 0 Å². The number of likely N-dealkylation sites (N-methyl/N-ethyl adjacent to an activating group) is 1. The normalized spacial score (nSPS) is 21.4. The highest BCUT2D eigenvalue weighted by molar-refractivity contribution is 5.82. The number of rotatable bonds is 6.